The number of carbonyl (C=O) groups is 2. The Morgan fingerprint density at radius 1 is 0.897 bits per heavy atom. The van der Waals surface area contributed by atoms with Crippen LogP contribution in [0.15, 0.2) is 71.6 Å². The highest BCUT2D eigenvalue weighted by Crippen LogP contribution is 2.34. The molecule has 0 bridgehead atoms. The number of benzene rings is 3. The largest absolute Gasteiger partial charge is 0.368 e. The Morgan fingerprint density at radius 3 is 2.28 bits per heavy atom. The van der Waals surface area contributed by atoms with Gasteiger partial charge in [-0.3, -0.25) is 9.69 Å². The van der Waals surface area contributed by atoms with Gasteiger partial charge in [0.05, 0.1) is 11.6 Å². The van der Waals surface area contributed by atoms with Crippen molar-refractivity contribution in [1.29, 1.82) is 0 Å². The lowest BCUT2D eigenvalue weighted by molar-refractivity contribution is -0.132. The van der Waals surface area contributed by atoms with Crippen LogP contribution < -0.4 is 9.80 Å². The summed E-state index contributed by atoms with van der Waals surface area (Å²) in [5.74, 6) is -0.303. The maximum atomic E-state index is 13.9. The fourth-order valence-corrected chi connectivity index (χ4v) is 7.18. The molecule has 8 nitrogen and oxygen atoms in total. The second-order valence-electron chi connectivity index (χ2n) is 9.72. The Bertz CT molecular complexity index is 1530. The van der Waals surface area contributed by atoms with Gasteiger partial charge in [-0.2, -0.15) is 0 Å². The second-order valence-corrected chi connectivity index (χ2v) is 12.4. The van der Waals surface area contributed by atoms with Gasteiger partial charge in [0, 0.05) is 42.6 Å². The number of aryl methyl sites for hydroxylation is 2. The topological polar surface area (TPSA) is 81.2 Å². The Kier molecular flexibility index (Phi) is 7.50. The summed E-state index contributed by atoms with van der Waals surface area (Å²) in [6.45, 7) is 5.93. The summed E-state index contributed by atoms with van der Waals surface area (Å²) in [5.41, 5.74) is 3.90. The number of rotatable bonds is 5. The van der Waals surface area contributed by atoms with Gasteiger partial charge in [0.15, 0.2) is 0 Å². The lowest BCUT2D eigenvalue weighted by atomic mass is 10.1. The van der Waals surface area contributed by atoms with Gasteiger partial charge in [0.1, 0.15) is 10.9 Å². The van der Waals surface area contributed by atoms with E-state index in [4.69, 9.17) is 23.2 Å². The van der Waals surface area contributed by atoms with E-state index in [1.165, 1.54) is 23.1 Å². The van der Waals surface area contributed by atoms with Gasteiger partial charge in [-0.05, 0) is 61.4 Å². The number of carbonyl (C=O) groups excluding carboxylic acids is 2. The SMILES string of the molecule is Cc1ccc(C)c(N2CCN(C(=O)[C@@H]3CN(S(=O)(=O)c4cc(Cl)ccc4Cl)C(=O)N3c3ccccc3)CC2)c1. The summed E-state index contributed by atoms with van der Waals surface area (Å²) in [5, 5.41) is 0.106. The van der Waals surface area contributed by atoms with E-state index in [0.717, 1.165) is 16.8 Å². The zero-order valence-corrected chi connectivity index (χ0v) is 23.9. The van der Waals surface area contributed by atoms with Gasteiger partial charge >= 0.3 is 6.03 Å². The average molecular weight is 588 g/mol. The molecule has 39 heavy (non-hydrogen) atoms. The Hall–Kier alpha value is -3.27. The quantitative estimate of drug-likeness (QED) is 0.422. The molecule has 0 N–H and O–H groups in total. The number of amides is 3. The lowest BCUT2D eigenvalue weighted by Crippen LogP contribution is -2.55. The molecule has 0 saturated carbocycles. The fourth-order valence-electron chi connectivity index (χ4n) is 5.07. The summed E-state index contributed by atoms with van der Waals surface area (Å²) < 4.78 is 27.9. The van der Waals surface area contributed by atoms with E-state index in [-0.39, 0.29) is 27.4 Å². The first-order valence-electron chi connectivity index (χ1n) is 12.5. The molecule has 2 heterocycles. The number of halogens is 2. The monoisotopic (exact) mass is 586 g/mol. The third-order valence-corrected chi connectivity index (χ3v) is 9.60. The van der Waals surface area contributed by atoms with Crippen LogP contribution in [0.25, 0.3) is 0 Å². The van der Waals surface area contributed by atoms with Crippen molar-refractivity contribution in [3.8, 4) is 0 Å². The van der Waals surface area contributed by atoms with E-state index in [0.29, 0.717) is 36.2 Å². The lowest BCUT2D eigenvalue weighted by Gasteiger charge is -2.38. The zero-order chi connectivity index (χ0) is 27.9. The van der Waals surface area contributed by atoms with Gasteiger partial charge < -0.3 is 9.80 Å². The van der Waals surface area contributed by atoms with Gasteiger partial charge in [-0.1, -0.05) is 53.5 Å². The standard InChI is InChI=1S/C28H28Cl2N4O4S/c1-19-8-9-20(2)24(16-19)31-12-14-32(15-13-31)27(35)25-18-33(28(36)34(25)22-6-4-3-5-7-22)39(37,38)26-17-21(29)10-11-23(26)30/h3-11,16-17,25H,12-15,18H2,1-2H3/t25-/m0/s1. The molecule has 11 heteroatoms. The minimum absolute atomic E-state index is 0.0594. The third-order valence-electron chi connectivity index (χ3n) is 7.15. The molecule has 2 saturated heterocycles. The van der Waals surface area contributed by atoms with E-state index >= 15 is 0 Å². The van der Waals surface area contributed by atoms with Gasteiger partial charge in [-0.15, -0.1) is 0 Å². The first kappa shape index (κ1) is 27.3. The predicted octanol–water partition coefficient (Wildman–Crippen LogP) is 4.96. The van der Waals surface area contributed by atoms with E-state index < -0.39 is 22.1 Å². The molecule has 0 spiro atoms. The van der Waals surface area contributed by atoms with Crippen LogP contribution in [0.1, 0.15) is 11.1 Å². The number of piperazine rings is 1. The predicted molar refractivity (Wildman–Crippen MR) is 153 cm³/mol. The molecule has 3 amide bonds. The van der Waals surface area contributed by atoms with E-state index in [2.05, 4.69) is 30.0 Å². The minimum atomic E-state index is -4.39. The average Bonchev–Trinajstić information content (AvgIpc) is 3.29. The third kappa shape index (κ3) is 5.18. The van der Waals surface area contributed by atoms with E-state index in [1.54, 1.807) is 35.2 Å². The fraction of sp³-hybridized carbons (Fsp3) is 0.286. The molecule has 2 fully saturated rings. The van der Waals surface area contributed by atoms with Crippen molar-refractivity contribution in [1.82, 2.24) is 9.21 Å². The number of urea groups is 1. The molecule has 2 aliphatic heterocycles. The highest BCUT2D eigenvalue weighted by molar-refractivity contribution is 7.89. The van der Waals surface area contributed by atoms with Crippen LogP contribution in [0.3, 0.4) is 0 Å². The first-order valence-corrected chi connectivity index (χ1v) is 14.7. The number of hydrogen-bond donors (Lipinski definition) is 0. The summed E-state index contributed by atoms with van der Waals surface area (Å²) in [6, 6.07) is 17.1. The second kappa shape index (κ2) is 10.7. The molecule has 3 aromatic rings. The molecular weight excluding hydrogens is 559 g/mol. The van der Waals surface area contributed by atoms with Crippen LogP contribution >= 0.6 is 23.2 Å². The highest BCUT2D eigenvalue weighted by Gasteiger charge is 2.49. The molecule has 0 aliphatic carbocycles. The molecule has 204 valence electrons. The summed E-state index contributed by atoms with van der Waals surface area (Å²) in [6.07, 6.45) is 0. The summed E-state index contributed by atoms with van der Waals surface area (Å²) in [7, 11) is -4.39. The maximum Gasteiger partial charge on any atom is 0.339 e. The normalized spacial score (nSPS) is 18.2. The molecule has 5 rings (SSSR count). The van der Waals surface area contributed by atoms with Gasteiger partial charge in [0.25, 0.3) is 10.0 Å². The smallest absolute Gasteiger partial charge is 0.339 e. The van der Waals surface area contributed by atoms with Crippen LogP contribution in [0, 0.1) is 13.8 Å². The minimum Gasteiger partial charge on any atom is -0.368 e. The van der Waals surface area contributed by atoms with Crippen molar-refractivity contribution in [3.63, 3.8) is 0 Å². The van der Waals surface area contributed by atoms with Crippen LogP contribution in [-0.2, 0) is 14.8 Å². The molecular formula is C28H28Cl2N4O4S. The maximum absolute atomic E-state index is 13.9. The summed E-state index contributed by atoms with van der Waals surface area (Å²) >= 11 is 12.2. The van der Waals surface area contributed by atoms with Crippen LogP contribution in [-0.4, -0.2) is 68.3 Å². The van der Waals surface area contributed by atoms with Gasteiger partial charge in [0.2, 0.25) is 5.91 Å². The first-order chi connectivity index (χ1) is 18.6. The Morgan fingerprint density at radius 2 is 1.59 bits per heavy atom. The van der Waals surface area contributed by atoms with E-state index in [9.17, 15) is 18.0 Å². The molecule has 3 aromatic carbocycles. The van der Waals surface area contributed by atoms with Crippen molar-refractivity contribution in [2.45, 2.75) is 24.8 Å². The highest BCUT2D eigenvalue weighted by atomic mass is 35.5. The molecule has 1 atom stereocenters. The van der Waals surface area contributed by atoms with Crippen molar-refractivity contribution in [3.05, 3.63) is 87.9 Å². The van der Waals surface area contributed by atoms with Crippen molar-refractivity contribution < 1.29 is 18.0 Å². The molecule has 0 unspecified atom stereocenters. The van der Waals surface area contributed by atoms with Gasteiger partial charge in [-0.25, -0.2) is 17.5 Å². The number of nitrogens with zero attached hydrogens (tertiary/aromatic N) is 4. The van der Waals surface area contributed by atoms with Crippen LogP contribution in [0.5, 0.6) is 0 Å². The Labute approximate surface area is 238 Å². The van der Waals surface area contributed by atoms with E-state index in [1.807, 2.05) is 6.92 Å². The zero-order valence-electron chi connectivity index (χ0n) is 21.5. The van der Waals surface area contributed by atoms with Crippen LogP contribution in [0.2, 0.25) is 10.0 Å². The Balaban J connectivity index is 1.42. The number of sulfonamides is 1. The van der Waals surface area contributed by atoms with Crippen molar-refractivity contribution in [2.75, 3.05) is 42.5 Å². The van der Waals surface area contributed by atoms with Crippen molar-refractivity contribution in [2.24, 2.45) is 0 Å². The number of para-hydroxylation sites is 1. The molecule has 0 aromatic heterocycles. The van der Waals surface area contributed by atoms with Crippen molar-refractivity contribution >= 4 is 56.5 Å². The number of anilines is 2. The summed E-state index contributed by atoms with van der Waals surface area (Å²) in [4.78, 5) is 32.4. The van der Waals surface area contributed by atoms with Crippen LogP contribution in [0.4, 0.5) is 16.2 Å². The molecule has 0 radical (unpaired) electrons. The molecule has 2 aliphatic rings. The number of hydrogen-bond acceptors (Lipinski definition) is 5.